The summed E-state index contributed by atoms with van der Waals surface area (Å²) in [5.41, 5.74) is 0. The molecular weight excluding hydrogens is 132 g/mol. The van der Waals surface area contributed by atoms with E-state index in [1.54, 1.807) is 0 Å². The molecule has 57 valence electrons. The van der Waals surface area contributed by atoms with E-state index in [1.165, 1.54) is 6.08 Å². The van der Waals surface area contributed by atoms with E-state index in [9.17, 15) is 5.11 Å². The van der Waals surface area contributed by atoms with Crippen LogP contribution in [-0.2, 0) is 9.94 Å². The van der Waals surface area contributed by atoms with Crippen molar-refractivity contribution in [3.8, 4) is 0 Å². The maximum atomic E-state index is 10.5. The Morgan fingerprint density at radius 2 is 2.30 bits per heavy atom. The van der Waals surface area contributed by atoms with Crippen molar-refractivity contribution in [1.82, 2.24) is 5.17 Å². The number of hydrogen-bond donors (Lipinski definition) is 1. The summed E-state index contributed by atoms with van der Waals surface area (Å²) in [5, 5.41) is 11.4. The van der Waals surface area contributed by atoms with Gasteiger partial charge in [-0.1, -0.05) is 12.7 Å². The van der Waals surface area contributed by atoms with Crippen molar-refractivity contribution >= 4 is 0 Å². The summed E-state index contributed by atoms with van der Waals surface area (Å²) in [5.74, 6) is 5.15. The third kappa shape index (κ3) is 4.22. The Bertz CT molecular complexity index is 116. The molecule has 0 fully saturated rings. The highest BCUT2D eigenvalue weighted by molar-refractivity contribution is 4.70. The minimum absolute atomic E-state index is 0.312. The van der Waals surface area contributed by atoms with E-state index >= 15 is 0 Å². The predicted molar refractivity (Wildman–Crippen MR) is 36.8 cm³/mol. The Balaban J connectivity index is 3.45. The van der Waals surface area contributed by atoms with Gasteiger partial charge >= 0.3 is 0 Å². The van der Waals surface area contributed by atoms with Crippen molar-refractivity contribution in [2.45, 2.75) is 6.29 Å². The van der Waals surface area contributed by atoms with Gasteiger partial charge in [0, 0.05) is 0 Å². The molecule has 0 aromatic carbocycles. The predicted octanol–water partition coefficient (Wildman–Crippen LogP) is 0.222. The lowest BCUT2D eigenvalue weighted by atomic mass is 10.6. The van der Waals surface area contributed by atoms with Crippen LogP contribution in [0, 0.1) is 0 Å². The SMILES string of the molecule is C=CCN(N)OC([O])C=C. The molecule has 0 heterocycles. The minimum atomic E-state index is -1.30. The number of hydrogen-bond acceptors (Lipinski definition) is 3. The van der Waals surface area contributed by atoms with Gasteiger partial charge in [0.1, 0.15) is 0 Å². The summed E-state index contributed by atoms with van der Waals surface area (Å²) in [7, 11) is 0. The molecule has 1 unspecified atom stereocenters. The van der Waals surface area contributed by atoms with Gasteiger partial charge in [-0.15, -0.1) is 11.8 Å². The lowest BCUT2D eigenvalue weighted by Crippen LogP contribution is -2.34. The second-order valence-corrected chi connectivity index (χ2v) is 1.60. The van der Waals surface area contributed by atoms with Gasteiger partial charge in [-0.3, -0.25) is 0 Å². The Labute approximate surface area is 60.1 Å². The number of hydroxylamine groups is 1. The molecule has 0 aliphatic rings. The van der Waals surface area contributed by atoms with Crippen LogP contribution in [-0.4, -0.2) is 18.0 Å². The molecule has 0 spiro atoms. The van der Waals surface area contributed by atoms with Crippen molar-refractivity contribution < 1.29 is 9.94 Å². The maximum Gasteiger partial charge on any atom is 0.230 e. The van der Waals surface area contributed by atoms with Gasteiger partial charge in [0.15, 0.2) is 0 Å². The molecule has 10 heavy (non-hydrogen) atoms. The van der Waals surface area contributed by atoms with Gasteiger partial charge in [0.25, 0.3) is 0 Å². The van der Waals surface area contributed by atoms with Crippen molar-refractivity contribution in [2.75, 3.05) is 6.54 Å². The normalized spacial score (nSPS) is 13.1. The minimum Gasteiger partial charge on any atom is -0.245 e. The van der Waals surface area contributed by atoms with Gasteiger partial charge in [-0.05, 0) is 6.08 Å². The third-order valence-corrected chi connectivity index (χ3v) is 0.741. The lowest BCUT2D eigenvalue weighted by Gasteiger charge is -2.14. The molecule has 2 N–H and O–H groups in total. The number of hydrazine groups is 1. The molecule has 0 aromatic heterocycles. The van der Waals surface area contributed by atoms with E-state index in [-0.39, 0.29) is 0 Å². The first-order valence-corrected chi connectivity index (χ1v) is 2.79. The van der Waals surface area contributed by atoms with Gasteiger partial charge in [-0.25, -0.2) is 10.7 Å². The zero-order valence-corrected chi connectivity index (χ0v) is 5.69. The summed E-state index contributed by atoms with van der Waals surface area (Å²) >= 11 is 0. The van der Waals surface area contributed by atoms with Crippen molar-refractivity contribution in [2.24, 2.45) is 5.84 Å². The average molecular weight is 143 g/mol. The zero-order valence-electron chi connectivity index (χ0n) is 5.69. The van der Waals surface area contributed by atoms with Crippen LogP contribution in [0.4, 0.5) is 0 Å². The van der Waals surface area contributed by atoms with Gasteiger partial charge in [0.2, 0.25) is 6.29 Å². The second-order valence-electron chi connectivity index (χ2n) is 1.60. The Morgan fingerprint density at radius 1 is 1.70 bits per heavy atom. The van der Waals surface area contributed by atoms with E-state index < -0.39 is 6.29 Å². The molecule has 0 rings (SSSR count). The molecular formula is C6H11N2O2. The van der Waals surface area contributed by atoms with Crippen LogP contribution in [0.25, 0.3) is 0 Å². The largest absolute Gasteiger partial charge is 0.245 e. The molecule has 1 radical (unpaired) electrons. The van der Waals surface area contributed by atoms with Crippen molar-refractivity contribution in [3.05, 3.63) is 25.3 Å². The van der Waals surface area contributed by atoms with Crippen LogP contribution in [0.3, 0.4) is 0 Å². The molecule has 0 bridgehead atoms. The molecule has 1 atom stereocenters. The van der Waals surface area contributed by atoms with Crippen LogP contribution < -0.4 is 5.84 Å². The number of nitrogens with two attached hydrogens (primary N) is 1. The van der Waals surface area contributed by atoms with Gasteiger partial charge in [0.05, 0.1) is 6.54 Å². The monoisotopic (exact) mass is 143 g/mol. The Morgan fingerprint density at radius 3 is 2.70 bits per heavy atom. The fraction of sp³-hybridized carbons (Fsp3) is 0.333. The van der Waals surface area contributed by atoms with Crippen LogP contribution in [0.1, 0.15) is 0 Å². The first-order valence-electron chi connectivity index (χ1n) is 2.79. The van der Waals surface area contributed by atoms with Crippen molar-refractivity contribution in [3.63, 3.8) is 0 Å². The highest BCUT2D eigenvalue weighted by Crippen LogP contribution is 1.90. The Kier molecular flexibility index (Phi) is 4.78. The van der Waals surface area contributed by atoms with Crippen LogP contribution in [0.15, 0.2) is 25.3 Å². The molecule has 0 aliphatic heterocycles. The Hall–Kier alpha value is -0.680. The fourth-order valence-corrected chi connectivity index (χ4v) is 0.347. The van der Waals surface area contributed by atoms with Crippen LogP contribution in [0.2, 0.25) is 0 Å². The van der Waals surface area contributed by atoms with E-state index in [2.05, 4.69) is 18.0 Å². The van der Waals surface area contributed by atoms with E-state index in [0.29, 0.717) is 6.54 Å². The van der Waals surface area contributed by atoms with Crippen LogP contribution in [0.5, 0.6) is 0 Å². The third-order valence-electron chi connectivity index (χ3n) is 0.741. The summed E-state index contributed by atoms with van der Waals surface area (Å²) in [6.07, 6.45) is 1.34. The highest BCUT2D eigenvalue weighted by atomic mass is 16.8. The number of nitrogens with zero attached hydrogens (tertiary/aromatic N) is 1. The summed E-state index contributed by atoms with van der Waals surface area (Å²) < 4.78 is 0. The fourth-order valence-electron chi connectivity index (χ4n) is 0.347. The topological polar surface area (TPSA) is 58.4 Å². The first kappa shape index (κ1) is 9.32. The molecule has 0 saturated carbocycles. The summed E-state index contributed by atoms with van der Waals surface area (Å²) in [6.45, 7) is 6.94. The summed E-state index contributed by atoms with van der Waals surface area (Å²) in [4.78, 5) is 4.51. The highest BCUT2D eigenvalue weighted by Gasteiger charge is 2.03. The maximum absolute atomic E-state index is 10.5. The van der Waals surface area contributed by atoms with Crippen molar-refractivity contribution in [1.29, 1.82) is 0 Å². The molecule has 4 nitrogen and oxygen atoms in total. The molecule has 0 saturated heterocycles. The molecule has 0 aliphatic carbocycles. The standard InChI is InChI=1S/C6H11N2O2/c1-3-5-8(7)10-6(9)4-2/h3-4,6H,1-2,5,7H2. The molecule has 4 heteroatoms. The second kappa shape index (κ2) is 5.13. The smallest absolute Gasteiger partial charge is 0.230 e. The zero-order chi connectivity index (χ0) is 7.98. The number of rotatable bonds is 5. The molecule has 0 aromatic rings. The average Bonchev–Trinajstić information content (AvgIpc) is 1.88. The van der Waals surface area contributed by atoms with Gasteiger partial charge < -0.3 is 0 Å². The quantitative estimate of drug-likeness (QED) is 0.259. The summed E-state index contributed by atoms with van der Waals surface area (Å²) in [6, 6.07) is 0. The van der Waals surface area contributed by atoms with Gasteiger partial charge in [-0.2, -0.15) is 5.11 Å². The first-order chi connectivity index (χ1) is 4.70. The van der Waals surface area contributed by atoms with E-state index in [0.717, 1.165) is 11.2 Å². The lowest BCUT2D eigenvalue weighted by molar-refractivity contribution is -0.261. The van der Waals surface area contributed by atoms with E-state index in [1.807, 2.05) is 0 Å². The van der Waals surface area contributed by atoms with Crippen LogP contribution >= 0.6 is 0 Å². The molecule has 0 amide bonds. The van der Waals surface area contributed by atoms with E-state index in [4.69, 9.17) is 5.84 Å².